The first-order valence-corrected chi connectivity index (χ1v) is 15.9. The highest BCUT2D eigenvalue weighted by atomic mass is 16.6. The largest absolute Gasteiger partial charge is 0.497 e. The van der Waals surface area contributed by atoms with Gasteiger partial charge in [0.15, 0.2) is 23.2 Å². The predicted molar refractivity (Wildman–Crippen MR) is 184 cm³/mol. The molecule has 0 saturated carbocycles. The van der Waals surface area contributed by atoms with Crippen molar-refractivity contribution in [2.75, 3.05) is 19.5 Å². The fourth-order valence-corrected chi connectivity index (χ4v) is 6.74. The summed E-state index contributed by atoms with van der Waals surface area (Å²) in [4.78, 5) is 25.9. The second-order valence-corrected chi connectivity index (χ2v) is 11.9. The van der Waals surface area contributed by atoms with Crippen LogP contribution in [0.25, 0.3) is 11.2 Å². The molecular formula is C38H35N5O7. The number of carbonyl (C=O) groups excluding carboxylic acids is 1. The Morgan fingerprint density at radius 1 is 0.780 bits per heavy atom. The topological polar surface area (TPSA) is 161 Å². The number of hydrogen-bond donors (Lipinski definition) is 4. The van der Waals surface area contributed by atoms with Crippen molar-refractivity contribution in [3.63, 3.8) is 0 Å². The molecule has 5 atom stereocenters. The van der Waals surface area contributed by atoms with E-state index in [-0.39, 0.29) is 22.9 Å². The number of benzene rings is 4. The van der Waals surface area contributed by atoms with Gasteiger partial charge in [-0.15, -0.1) is 0 Å². The summed E-state index contributed by atoms with van der Waals surface area (Å²) < 4.78 is 18.8. The highest BCUT2D eigenvalue weighted by molar-refractivity contribution is 6.06. The zero-order chi connectivity index (χ0) is 34.8. The van der Waals surface area contributed by atoms with Crippen molar-refractivity contribution in [3.8, 4) is 11.5 Å². The van der Waals surface area contributed by atoms with Crippen molar-refractivity contribution < 1.29 is 34.3 Å². The van der Waals surface area contributed by atoms with E-state index in [9.17, 15) is 20.1 Å². The second kappa shape index (κ2) is 13.7. The van der Waals surface area contributed by atoms with E-state index in [2.05, 4.69) is 20.3 Å². The number of methoxy groups -OCH3 is 2. The van der Waals surface area contributed by atoms with Crippen molar-refractivity contribution in [3.05, 3.63) is 144 Å². The Labute approximate surface area is 287 Å². The van der Waals surface area contributed by atoms with Gasteiger partial charge in [0.25, 0.3) is 5.91 Å². The lowest BCUT2D eigenvalue weighted by Gasteiger charge is -2.42. The van der Waals surface area contributed by atoms with Gasteiger partial charge in [0.05, 0.1) is 26.0 Å². The summed E-state index contributed by atoms with van der Waals surface area (Å²) in [5.74, 6) is 1.03. The van der Waals surface area contributed by atoms with E-state index in [1.807, 2.05) is 60.7 Å². The maximum atomic E-state index is 12.9. The number of anilines is 1. The number of amides is 1. The molecule has 254 valence electrons. The normalized spacial score (nSPS) is 19.6. The van der Waals surface area contributed by atoms with Crippen molar-refractivity contribution in [2.45, 2.75) is 36.1 Å². The van der Waals surface area contributed by atoms with Gasteiger partial charge < -0.3 is 34.8 Å². The standard InChI is InChI=1S/C38H35N5O7/c1-48-27-17-13-25(14-18-27)38(24-11-7-4-8-12-24,26-15-19-28(49-2)20-16-26)33(46)32-30(44)31(45)37(50-32)43-22-41-29-34(39-21-40-35(29)43)42-36(47)23-9-5-3-6-10-23/h3-22,30-33,37,44-46H,1-2H3,(H,39,40,42,47)/t30-,31+,32-,33?,37+/m0/s1. The molecule has 1 aliphatic heterocycles. The quantitative estimate of drug-likeness (QED) is 0.156. The average Bonchev–Trinajstić information content (AvgIpc) is 3.73. The molecule has 0 aliphatic carbocycles. The van der Waals surface area contributed by atoms with Crippen LogP contribution < -0.4 is 14.8 Å². The van der Waals surface area contributed by atoms with Crippen LogP contribution in [-0.2, 0) is 10.2 Å². The van der Waals surface area contributed by atoms with Crippen molar-refractivity contribution in [2.24, 2.45) is 0 Å². The van der Waals surface area contributed by atoms with E-state index >= 15 is 0 Å². The Hall–Kier alpha value is -5.66. The molecule has 50 heavy (non-hydrogen) atoms. The van der Waals surface area contributed by atoms with Crippen LogP contribution in [0, 0.1) is 0 Å². The Morgan fingerprint density at radius 2 is 1.34 bits per heavy atom. The van der Waals surface area contributed by atoms with Gasteiger partial charge >= 0.3 is 0 Å². The fourth-order valence-electron chi connectivity index (χ4n) is 6.74. The molecule has 2 aromatic heterocycles. The number of nitrogens with one attached hydrogen (secondary N) is 1. The number of aliphatic hydroxyl groups is 3. The number of rotatable bonds is 10. The Morgan fingerprint density at radius 3 is 1.92 bits per heavy atom. The Bertz CT molecular complexity index is 2030. The smallest absolute Gasteiger partial charge is 0.256 e. The predicted octanol–water partition coefficient (Wildman–Crippen LogP) is 4.11. The molecule has 1 amide bonds. The van der Waals surface area contributed by atoms with E-state index in [4.69, 9.17) is 14.2 Å². The minimum atomic E-state index is -1.54. The van der Waals surface area contributed by atoms with Gasteiger partial charge in [0.2, 0.25) is 0 Å². The molecule has 1 saturated heterocycles. The van der Waals surface area contributed by atoms with Crippen LogP contribution in [0.4, 0.5) is 5.82 Å². The molecule has 1 aliphatic rings. The van der Waals surface area contributed by atoms with Crippen molar-refractivity contribution in [1.82, 2.24) is 19.5 Å². The third-order valence-corrected chi connectivity index (χ3v) is 9.25. The zero-order valence-corrected chi connectivity index (χ0v) is 27.2. The number of nitrogens with zero attached hydrogens (tertiary/aromatic N) is 4. The molecule has 1 fully saturated rings. The van der Waals surface area contributed by atoms with Gasteiger partial charge in [-0.3, -0.25) is 9.36 Å². The lowest BCUT2D eigenvalue weighted by molar-refractivity contribution is -0.0972. The van der Waals surface area contributed by atoms with Crippen LogP contribution in [0.15, 0.2) is 122 Å². The molecule has 1 unspecified atom stereocenters. The fraction of sp³-hybridized carbons (Fsp3) is 0.211. The van der Waals surface area contributed by atoms with Gasteiger partial charge in [0.1, 0.15) is 42.2 Å². The van der Waals surface area contributed by atoms with Crippen molar-refractivity contribution >= 4 is 22.9 Å². The maximum absolute atomic E-state index is 12.9. The van der Waals surface area contributed by atoms with Crippen LogP contribution in [0.3, 0.4) is 0 Å². The minimum absolute atomic E-state index is 0.161. The summed E-state index contributed by atoms with van der Waals surface area (Å²) in [6, 6.07) is 32.8. The van der Waals surface area contributed by atoms with Crippen LogP contribution in [0.5, 0.6) is 11.5 Å². The third-order valence-electron chi connectivity index (χ3n) is 9.25. The first kappa shape index (κ1) is 32.9. The van der Waals surface area contributed by atoms with E-state index in [0.717, 1.165) is 5.56 Å². The van der Waals surface area contributed by atoms with Gasteiger partial charge in [-0.25, -0.2) is 15.0 Å². The summed E-state index contributed by atoms with van der Waals surface area (Å²) in [6.07, 6.45) is -4.34. The molecule has 7 rings (SSSR count). The van der Waals surface area contributed by atoms with Crippen molar-refractivity contribution in [1.29, 1.82) is 0 Å². The monoisotopic (exact) mass is 673 g/mol. The molecule has 12 heteroatoms. The Balaban J connectivity index is 1.30. The van der Waals surface area contributed by atoms with E-state index in [0.29, 0.717) is 28.2 Å². The van der Waals surface area contributed by atoms with E-state index < -0.39 is 36.1 Å². The summed E-state index contributed by atoms with van der Waals surface area (Å²) in [5, 5.41) is 38.6. The van der Waals surface area contributed by atoms with Crippen LogP contribution in [0.1, 0.15) is 33.3 Å². The van der Waals surface area contributed by atoms with E-state index in [1.54, 1.807) is 62.8 Å². The van der Waals surface area contributed by atoms with Crippen LogP contribution >= 0.6 is 0 Å². The van der Waals surface area contributed by atoms with Crippen LogP contribution in [-0.4, -0.2) is 79.4 Å². The summed E-state index contributed by atoms with van der Waals surface area (Å²) in [6.45, 7) is 0. The lowest BCUT2D eigenvalue weighted by Crippen LogP contribution is -2.52. The lowest BCUT2D eigenvalue weighted by atomic mass is 9.64. The highest BCUT2D eigenvalue weighted by Gasteiger charge is 2.55. The number of aliphatic hydroxyl groups excluding tert-OH is 3. The second-order valence-electron chi connectivity index (χ2n) is 11.9. The summed E-state index contributed by atoms with van der Waals surface area (Å²) >= 11 is 0. The third kappa shape index (κ3) is 5.63. The number of carbonyl (C=O) groups is 1. The summed E-state index contributed by atoms with van der Waals surface area (Å²) in [5.41, 5.74) is 1.72. The molecular weight excluding hydrogens is 638 g/mol. The number of hydrogen-bond acceptors (Lipinski definition) is 10. The molecule has 6 aromatic rings. The SMILES string of the molecule is COc1ccc(C(c2ccccc2)(c2ccc(OC)cc2)C(O)[C@H]2O[C@@H](n3cnc4c(NC(=O)c5ccccc5)ncnc43)[C@H](O)[C@@H]2O)cc1. The molecule has 0 radical (unpaired) electrons. The van der Waals surface area contributed by atoms with Gasteiger partial charge in [-0.2, -0.15) is 0 Å². The Kier molecular flexibility index (Phi) is 9.00. The molecule has 3 heterocycles. The van der Waals surface area contributed by atoms with E-state index in [1.165, 1.54) is 17.2 Å². The van der Waals surface area contributed by atoms with Gasteiger partial charge in [-0.05, 0) is 53.1 Å². The number of ether oxygens (including phenoxy) is 3. The molecule has 0 spiro atoms. The maximum Gasteiger partial charge on any atom is 0.256 e. The minimum Gasteiger partial charge on any atom is -0.497 e. The van der Waals surface area contributed by atoms with Gasteiger partial charge in [-0.1, -0.05) is 72.8 Å². The molecule has 4 aromatic carbocycles. The molecule has 12 nitrogen and oxygen atoms in total. The molecule has 4 N–H and O–H groups in total. The number of fused-ring (bicyclic) bond motifs is 1. The van der Waals surface area contributed by atoms with Crippen LogP contribution in [0.2, 0.25) is 0 Å². The zero-order valence-electron chi connectivity index (χ0n) is 27.2. The van der Waals surface area contributed by atoms with Gasteiger partial charge in [0, 0.05) is 5.56 Å². The average molecular weight is 674 g/mol. The first-order chi connectivity index (χ1) is 24.4. The first-order valence-electron chi connectivity index (χ1n) is 15.9. The number of aromatic nitrogens is 4. The summed E-state index contributed by atoms with van der Waals surface area (Å²) in [7, 11) is 3.15. The highest BCUT2D eigenvalue weighted by Crippen LogP contribution is 2.47. The number of imidazole rings is 1. The molecule has 0 bridgehead atoms.